The molecular weight excluding hydrogens is 261 g/mol. The Morgan fingerprint density at radius 3 is 2.47 bits per heavy atom. The van der Waals surface area contributed by atoms with Crippen LogP contribution in [0.5, 0.6) is 0 Å². The van der Waals surface area contributed by atoms with E-state index in [2.05, 4.69) is 20.8 Å². The number of rotatable bonds is 3. The summed E-state index contributed by atoms with van der Waals surface area (Å²) >= 11 is 0. The van der Waals surface area contributed by atoms with Crippen LogP contribution in [0.1, 0.15) is 5.56 Å². The van der Waals surface area contributed by atoms with E-state index in [1.165, 1.54) is 10.9 Å². The first-order chi connectivity index (χ1) is 8.88. The second-order valence-corrected chi connectivity index (χ2v) is 3.80. The number of aryl methyl sites for hydroxylation is 1. The van der Waals surface area contributed by atoms with Gasteiger partial charge in [0.15, 0.2) is 0 Å². The summed E-state index contributed by atoms with van der Waals surface area (Å²) in [5, 5.41) is 6.61. The molecule has 0 radical (unpaired) electrons. The Balaban J connectivity index is 2.34. The Morgan fingerprint density at radius 1 is 1.26 bits per heavy atom. The smallest absolute Gasteiger partial charge is 0.338 e. The molecule has 19 heavy (non-hydrogen) atoms. The monoisotopic (exact) mass is 272 g/mol. The average Bonchev–Trinajstić information content (AvgIpc) is 2.73. The first-order valence-corrected chi connectivity index (χ1v) is 5.20. The predicted octanol–water partition coefficient (Wildman–Crippen LogP) is 1.86. The van der Waals surface area contributed by atoms with Gasteiger partial charge in [-0.15, -0.1) is 0 Å². The zero-order valence-corrected chi connectivity index (χ0v) is 9.86. The number of hydrogen-bond donors (Lipinski definition) is 3. The van der Waals surface area contributed by atoms with Gasteiger partial charge in [0.1, 0.15) is 11.6 Å². The molecule has 102 valence electrons. The lowest BCUT2D eigenvalue weighted by atomic mass is 10.2. The van der Waals surface area contributed by atoms with Crippen LogP contribution in [0.3, 0.4) is 0 Å². The highest BCUT2D eigenvalue weighted by atomic mass is 19.4. The topological polar surface area (TPSA) is 80.8 Å². The van der Waals surface area contributed by atoms with Crippen molar-refractivity contribution in [1.82, 2.24) is 14.8 Å². The third-order valence-electron chi connectivity index (χ3n) is 2.28. The predicted molar refractivity (Wildman–Crippen MR) is 63.5 cm³/mol. The molecule has 0 aliphatic heterocycles. The first-order valence-electron chi connectivity index (χ1n) is 5.20. The molecule has 0 atom stereocenters. The lowest BCUT2D eigenvalue weighted by molar-refractivity contribution is -0.137. The lowest BCUT2D eigenvalue weighted by Crippen LogP contribution is -2.13. The number of hydrazine groups is 1. The summed E-state index contributed by atoms with van der Waals surface area (Å²) in [4.78, 5) is 3.89. The number of halogens is 3. The maximum atomic E-state index is 12.7. The fourth-order valence-corrected chi connectivity index (χ4v) is 1.47. The highest BCUT2D eigenvalue weighted by Crippen LogP contribution is 2.32. The number of hydrogen-bond acceptors (Lipinski definition) is 5. The van der Waals surface area contributed by atoms with Gasteiger partial charge in [-0.3, -0.25) is 4.68 Å². The minimum atomic E-state index is -4.47. The molecule has 2 heterocycles. The fourth-order valence-electron chi connectivity index (χ4n) is 1.47. The normalized spacial score (nSPS) is 11.4. The molecule has 4 N–H and O–H groups in total. The molecule has 2 aromatic heterocycles. The summed E-state index contributed by atoms with van der Waals surface area (Å²) in [5.74, 6) is 5.05. The van der Waals surface area contributed by atoms with Crippen molar-refractivity contribution in [2.75, 3.05) is 10.7 Å². The van der Waals surface area contributed by atoms with Gasteiger partial charge in [0, 0.05) is 13.2 Å². The summed E-state index contributed by atoms with van der Waals surface area (Å²) in [5.41, 5.74) is 1.78. The lowest BCUT2D eigenvalue weighted by Gasteiger charge is -2.11. The number of pyridine rings is 1. The molecular formula is C10H11F3N6. The summed E-state index contributed by atoms with van der Waals surface area (Å²) < 4.78 is 39.6. The van der Waals surface area contributed by atoms with Gasteiger partial charge >= 0.3 is 6.18 Å². The largest absolute Gasteiger partial charge is 0.416 e. The molecule has 9 heteroatoms. The molecule has 0 fully saturated rings. The molecule has 0 aromatic carbocycles. The number of nitrogens with zero attached hydrogens (tertiary/aromatic N) is 3. The molecule has 2 rings (SSSR count). The minimum Gasteiger partial charge on any atom is -0.338 e. The molecule has 6 nitrogen and oxygen atoms in total. The SMILES string of the molecule is Cn1cc(Nc2cc(C(F)(F)F)cc(NN)n2)cn1. The van der Waals surface area contributed by atoms with E-state index >= 15 is 0 Å². The van der Waals surface area contributed by atoms with E-state index in [-0.39, 0.29) is 11.6 Å². The van der Waals surface area contributed by atoms with Gasteiger partial charge in [0.2, 0.25) is 0 Å². The summed E-state index contributed by atoms with van der Waals surface area (Å²) in [6.45, 7) is 0. The van der Waals surface area contributed by atoms with Gasteiger partial charge in [-0.25, -0.2) is 10.8 Å². The first kappa shape index (κ1) is 13.1. The average molecular weight is 272 g/mol. The summed E-state index contributed by atoms with van der Waals surface area (Å²) in [7, 11) is 1.69. The summed E-state index contributed by atoms with van der Waals surface area (Å²) in [6.07, 6.45) is -1.39. The van der Waals surface area contributed by atoms with Crippen molar-refractivity contribution in [3.8, 4) is 0 Å². The maximum Gasteiger partial charge on any atom is 0.416 e. The maximum absolute atomic E-state index is 12.7. The summed E-state index contributed by atoms with van der Waals surface area (Å²) in [6, 6.07) is 1.72. The van der Waals surface area contributed by atoms with E-state index in [4.69, 9.17) is 5.84 Å². The van der Waals surface area contributed by atoms with Crippen molar-refractivity contribution in [1.29, 1.82) is 0 Å². The molecule has 0 aliphatic carbocycles. The van der Waals surface area contributed by atoms with Crippen LogP contribution in [0.2, 0.25) is 0 Å². The Kier molecular flexibility index (Phi) is 3.30. The van der Waals surface area contributed by atoms with Gasteiger partial charge in [0.25, 0.3) is 0 Å². The Bertz CT molecular complexity index is 577. The number of aromatic nitrogens is 3. The van der Waals surface area contributed by atoms with Gasteiger partial charge in [-0.1, -0.05) is 0 Å². The molecule has 0 aliphatic rings. The van der Waals surface area contributed by atoms with Crippen LogP contribution in [-0.2, 0) is 13.2 Å². The molecule has 0 spiro atoms. The second kappa shape index (κ2) is 4.76. The van der Waals surface area contributed by atoms with Crippen LogP contribution in [-0.4, -0.2) is 14.8 Å². The number of anilines is 3. The highest BCUT2D eigenvalue weighted by molar-refractivity contribution is 5.58. The van der Waals surface area contributed by atoms with E-state index in [9.17, 15) is 13.2 Å². The number of nitrogens with two attached hydrogens (primary N) is 1. The number of nitrogens with one attached hydrogen (secondary N) is 2. The zero-order valence-electron chi connectivity index (χ0n) is 9.86. The van der Waals surface area contributed by atoms with Gasteiger partial charge in [0.05, 0.1) is 17.4 Å². The molecule has 0 bridgehead atoms. The van der Waals surface area contributed by atoms with Crippen LogP contribution in [0, 0.1) is 0 Å². The molecule has 2 aromatic rings. The second-order valence-electron chi connectivity index (χ2n) is 3.80. The molecule has 0 amide bonds. The van der Waals surface area contributed by atoms with Crippen LogP contribution < -0.4 is 16.6 Å². The van der Waals surface area contributed by atoms with E-state index in [0.29, 0.717) is 5.69 Å². The van der Waals surface area contributed by atoms with Crippen molar-refractivity contribution < 1.29 is 13.2 Å². The van der Waals surface area contributed by atoms with E-state index in [0.717, 1.165) is 12.1 Å². The zero-order chi connectivity index (χ0) is 14.0. The van der Waals surface area contributed by atoms with Crippen molar-refractivity contribution >= 4 is 17.3 Å². The van der Waals surface area contributed by atoms with Crippen molar-refractivity contribution in [2.24, 2.45) is 12.9 Å². The van der Waals surface area contributed by atoms with Crippen molar-refractivity contribution in [3.05, 3.63) is 30.1 Å². The highest BCUT2D eigenvalue weighted by Gasteiger charge is 2.31. The minimum absolute atomic E-state index is 0.0239. The van der Waals surface area contributed by atoms with E-state index in [1.807, 2.05) is 0 Å². The van der Waals surface area contributed by atoms with Gasteiger partial charge in [-0.2, -0.15) is 18.3 Å². The van der Waals surface area contributed by atoms with Crippen LogP contribution in [0.4, 0.5) is 30.5 Å². The van der Waals surface area contributed by atoms with E-state index in [1.54, 1.807) is 13.2 Å². The van der Waals surface area contributed by atoms with Gasteiger partial charge in [-0.05, 0) is 12.1 Å². The molecule has 0 saturated heterocycles. The van der Waals surface area contributed by atoms with Crippen LogP contribution >= 0.6 is 0 Å². The van der Waals surface area contributed by atoms with Crippen molar-refractivity contribution in [2.45, 2.75) is 6.18 Å². The quantitative estimate of drug-likeness (QED) is 0.587. The van der Waals surface area contributed by atoms with Crippen molar-refractivity contribution in [3.63, 3.8) is 0 Å². The molecule has 0 saturated carbocycles. The Morgan fingerprint density at radius 2 is 1.95 bits per heavy atom. The number of alkyl halides is 3. The number of nitrogen functional groups attached to an aromatic ring is 1. The van der Waals surface area contributed by atoms with Crippen LogP contribution in [0.25, 0.3) is 0 Å². The third-order valence-corrected chi connectivity index (χ3v) is 2.28. The van der Waals surface area contributed by atoms with Crippen LogP contribution in [0.15, 0.2) is 24.5 Å². The Labute approximate surface area is 106 Å². The van der Waals surface area contributed by atoms with E-state index < -0.39 is 11.7 Å². The van der Waals surface area contributed by atoms with Gasteiger partial charge < -0.3 is 10.7 Å². The molecule has 0 unspecified atom stereocenters. The fraction of sp³-hybridized carbons (Fsp3) is 0.200. The standard InChI is InChI=1S/C10H11F3N6/c1-19-5-7(4-15-19)16-8-2-6(10(11,12)13)3-9(17-8)18-14/h2-5H,14H2,1H3,(H2,16,17,18). The third kappa shape index (κ3) is 3.13. The Hall–Kier alpha value is -2.29.